The Morgan fingerprint density at radius 1 is 1.32 bits per heavy atom. The number of aliphatic hydroxyl groups is 1. The van der Waals surface area contributed by atoms with Crippen LogP contribution in [0.4, 0.5) is 5.69 Å². The van der Waals surface area contributed by atoms with Gasteiger partial charge >= 0.3 is 0 Å². The number of carbonyl (C=O) groups is 1. The molecule has 0 atom stereocenters. The Balaban J connectivity index is 2.10. The van der Waals surface area contributed by atoms with Crippen molar-refractivity contribution in [3.8, 4) is 0 Å². The van der Waals surface area contributed by atoms with Crippen LogP contribution >= 0.6 is 11.6 Å². The molecule has 2 aromatic rings. The number of amides is 1. The molecule has 1 amide bonds. The third-order valence-electron chi connectivity index (χ3n) is 2.58. The lowest BCUT2D eigenvalue weighted by atomic mass is 10.2. The summed E-state index contributed by atoms with van der Waals surface area (Å²) in [5.41, 5.74) is 6.18. The van der Waals surface area contributed by atoms with Gasteiger partial charge in [0.25, 0.3) is 0 Å². The molecular formula is C13H13ClN2O3. The molecular weight excluding hydrogens is 268 g/mol. The van der Waals surface area contributed by atoms with Gasteiger partial charge in [-0.25, -0.2) is 0 Å². The number of furan rings is 1. The van der Waals surface area contributed by atoms with Gasteiger partial charge in [-0.1, -0.05) is 11.6 Å². The lowest BCUT2D eigenvalue weighted by Gasteiger charge is -2.08. The zero-order valence-electron chi connectivity index (χ0n) is 10.0. The first-order valence-corrected chi connectivity index (χ1v) is 5.99. The lowest BCUT2D eigenvalue weighted by Crippen LogP contribution is -2.11. The number of anilines is 1. The smallest absolute Gasteiger partial charge is 0.248 e. The predicted octanol–water partition coefficient (Wildman–Crippen LogP) is 2.14. The number of hydrogen-bond donors (Lipinski definition) is 3. The maximum absolute atomic E-state index is 11.1. The highest BCUT2D eigenvalue weighted by atomic mass is 35.5. The molecule has 4 N–H and O–H groups in total. The Bertz CT molecular complexity index is 595. The fraction of sp³-hybridized carbons (Fsp3) is 0.154. The third-order valence-corrected chi connectivity index (χ3v) is 2.91. The van der Waals surface area contributed by atoms with Gasteiger partial charge in [0.1, 0.15) is 18.1 Å². The number of carbonyl (C=O) groups excluding carboxylic acids is 1. The molecule has 1 aromatic carbocycles. The summed E-state index contributed by atoms with van der Waals surface area (Å²) in [5.74, 6) is 0.638. The summed E-state index contributed by atoms with van der Waals surface area (Å²) in [4.78, 5) is 11.1. The fourth-order valence-corrected chi connectivity index (χ4v) is 1.78. The van der Waals surface area contributed by atoms with Crippen molar-refractivity contribution in [2.45, 2.75) is 13.2 Å². The van der Waals surface area contributed by atoms with Crippen LogP contribution in [0.3, 0.4) is 0 Å². The van der Waals surface area contributed by atoms with E-state index in [1.165, 1.54) is 0 Å². The highest BCUT2D eigenvalue weighted by molar-refractivity contribution is 6.33. The van der Waals surface area contributed by atoms with Gasteiger partial charge in [0.15, 0.2) is 0 Å². The molecule has 19 heavy (non-hydrogen) atoms. The summed E-state index contributed by atoms with van der Waals surface area (Å²) < 4.78 is 5.32. The SMILES string of the molecule is NC(=O)c1ccc(Cl)c(NCc2ccc(CO)o2)c1. The predicted molar refractivity (Wildman–Crippen MR) is 71.9 cm³/mol. The quantitative estimate of drug-likeness (QED) is 0.783. The number of hydrogen-bond acceptors (Lipinski definition) is 4. The van der Waals surface area contributed by atoms with Gasteiger partial charge in [0, 0.05) is 5.56 Å². The van der Waals surface area contributed by atoms with E-state index in [0.29, 0.717) is 34.3 Å². The summed E-state index contributed by atoms with van der Waals surface area (Å²) in [7, 11) is 0. The number of primary amides is 1. The zero-order valence-corrected chi connectivity index (χ0v) is 10.8. The zero-order chi connectivity index (χ0) is 13.8. The Morgan fingerprint density at radius 3 is 2.68 bits per heavy atom. The van der Waals surface area contributed by atoms with Crippen molar-refractivity contribution < 1.29 is 14.3 Å². The first-order chi connectivity index (χ1) is 9.10. The van der Waals surface area contributed by atoms with Crippen LogP contribution in [0.2, 0.25) is 5.02 Å². The van der Waals surface area contributed by atoms with E-state index in [9.17, 15) is 4.79 Å². The molecule has 0 saturated carbocycles. The molecule has 2 rings (SSSR count). The molecule has 0 radical (unpaired) electrons. The van der Waals surface area contributed by atoms with E-state index in [1.54, 1.807) is 30.3 Å². The van der Waals surface area contributed by atoms with Crippen molar-refractivity contribution in [3.63, 3.8) is 0 Å². The molecule has 0 spiro atoms. The third kappa shape index (κ3) is 3.27. The van der Waals surface area contributed by atoms with Crippen LogP contribution in [-0.2, 0) is 13.2 Å². The maximum Gasteiger partial charge on any atom is 0.248 e. The molecule has 1 heterocycles. The van der Waals surface area contributed by atoms with E-state index in [0.717, 1.165) is 0 Å². The van der Waals surface area contributed by atoms with Gasteiger partial charge in [0.2, 0.25) is 5.91 Å². The maximum atomic E-state index is 11.1. The van der Waals surface area contributed by atoms with Crippen molar-refractivity contribution >= 4 is 23.2 Å². The Labute approximate surface area is 115 Å². The highest BCUT2D eigenvalue weighted by Gasteiger charge is 2.07. The number of nitrogens with one attached hydrogen (secondary N) is 1. The summed E-state index contributed by atoms with van der Waals surface area (Å²) in [6, 6.07) is 8.20. The minimum atomic E-state index is -0.514. The number of rotatable bonds is 5. The Kier molecular flexibility index (Phi) is 4.09. The molecule has 100 valence electrons. The number of aliphatic hydroxyl groups excluding tert-OH is 1. The van der Waals surface area contributed by atoms with Crippen molar-refractivity contribution in [3.05, 3.63) is 52.4 Å². The molecule has 0 aliphatic carbocycles. The van der Waals surface area contributed by atoms with Gasteiger partial charge in [-0.15, -0.1) is 0 Å². The molecule has 6 heteroatoms. The summed E-state index contributed by atoms with van der Waals surface area (Å²) in [6.45, 7) is 0.250. The highest BCUT2D eigenvalue weighted by Crippen LogP contribution is 2.23. The molecule has 0 bridgehead atoms. The van der Waals surface area contributed by atoms with E-state index >= 15 is 0 Å². The van der Waals surface area contributed by atoms with Gasteiger partial charge in [0.05, 0.1) is 17.3 Å². The first kappa shape index (κ1) is 13.5. The van der Waals surface area contributed by atoms with Gasteiger partial charge in [-0.05, 0) is 30.3 Å². The Hall–Kier alpha value is -1.98. The number of halogens is 1. The second kappa shape index (κ2) is 5.77. The average Bonchev–Trinajstić information content (AvgIpc) is 2.85. The van der Waals surface area contributed by atoms with Crippen LogP contribution in [-0.4, -0.2) is 11.0 Å². The second-order valence-corrected chi connectivity index (χ2v) is 4.35. The van der Waals surface area contributed by atoms with Crippen LogP contribution < -0.4 is 11.1 Å². The lowest BCUT2D eigenvalue weighted by molar-refractivity contribution is 0.100. The van der Waals surface area contributed by atoms with Crippen LogP contribution in [0.15, 0.2) is 34.7 Å². The monoisotopic (exact) mass is 280 g/mol. The second-order valence-electron chi connectivity index (χ2n) is 3.94. The molecule has 0 saturated heterocycles. The standard InChI is InChI=1S/C13H13ClN2O3/c14-11-4-1-8(13(15)18)5-12(11)16-6-9-2-3-10(7-17)19-9/h1-5,16-17H,6-7H2,(H2,15,18). The topological polar surface area (TPSA) is 88.5 Å². The molecule has 0 fully saturated rings. The largest absolute Gasteiger partial charge is 0.462 e. The van der Waals surface area contributed by atoms with E-state index < -0.39 is 5.91 Å². The van der Waals surface area contributed by atoms with Crippen molar-refractivity contribution in [2.24, 2.45) is 5.73 Å². The number of nitrogens with two attached hydrogens (primary N) is 1. The molecule has 1 aromatic heterocycles. The van der Waals surface area contributed by atoms with Crippen LogP contribution in [0.25, 0.3) is 0 Å². The Morgan fingerprint density at radius 2 is 2.05 bits per heavy atom. The first-order valence-electron chi connectivity index (χ1n) is 5.62. The van der Waals surface area contributed by atoms with Crippen LogP contribution in [0.1, 0.15) is 21.9 Å². The number of benzene rings is 1. The van der Waals surface area contributed by atoms with Gasteiger partial charge in [-0.2, -0.15) is 0 Å². The molecule has 0 aliphatic rings. The van der Waals surface area contributed by atoms with E-state index in [4.69, 9.17) is 26.9 Å². The van der Waals surface area contributed by atoms with Gasteiger partial charge < -0.3 is 20.6 Å². The average molecular weight is 281 g/mol. The minimum Gasteiger partial charge on any atom is -0.462 e. The van der Waals surface area contributed by atoms with E-state index in [-0.39, 0.29) is 6.61 Å². The van der Waals surface area contributed by atoms with E-state index in [1.807, 2.05) is 0 Å². The van der Waals surface area contributed by atoms with Crippen LogP contribution in [0, 0.1) is 0 Å². The molecule has 0 aliphatic heterocycles. The normalized spacial score (nSPS) is 10.4. The van der Waals surface area contributed by atoms with Crippen molar-refractivity contribution in [2.75, 3.05) is 5.32 Å². The van der Waals surface area contributed by atoms with Crippen molar-refractivity contribution in [1.82, 2.24) is 0 Å². The van der Waals surface area contributed by atoms with Crippen LogP contribution in [0.5, 0.6) is 0 Å². The summed E-state index contributed by atoms with van der Waals surface area (Å²) >= 11 is 6.01. The fourth-order valence-electron chi connectivity index (χ4n) is 1.60. The summed E-state index contributed by atoms with van der Waals surface area (Å²) in [6.07, 6.45) is 0. The van der Waals surface area contributed by atoms with E-state index in [2.05, 4.69) is 5.32 Å². The van der Waals surface area contributed by atoms with Gasteiger partial charge in [-0.3, -0.25) is 4.79 Å². The van der Waals surface area contributed by atoms with Crippen molar-refractivity contribution in [1.29, 1.82) is 0 Å². The summed E-state index contributed by atoms with van der Waals surface area (Å²) in [5, 5.41) is 12.4. The molecule has 0 unspecified atom stereocenters. The molecule has 5 nitrogen and oxygen atoms in total. The minimum absolute atomic E-state index is 0.141.